The minimum Gasteiger partial charge on any atom is -0.496 e. The van der Waals surface area contributed by atoms with E-state index in [9.17, 15) is 5.26 Å². The van der Waals surface area contributed by atoms with Crippen molar-refractivity contribution < 1.29 is 4.74 Å². The first kappa shape index (κ1) is 20.7. The summed E-state index contributed by atoms with van der Waals surface area (Å²) < 4.78 is 8.32. The fourth-order valence-corrected chi connectivity index (χ4v) is 4.67. The molecule has 5 rings (SSSR count). The second kappa shape index (κ2) is 8.73. The van der Waals surface area contributed by atoms with Crippen molar-refractivity contribution in [1.29, 1.82) is 5.26 Å². The van der Waals surface area contributed by atoms with Crippen LogP contribution in [0.25, 0.3) is 38.8 Å². The minimum absolute atomic E-state index is 0.510. The van der Waals surface area contributed by atoms with Gasteiger partial charge in [-0.25, -0.2) is 9.67 Å². The Bertz CT molecular complexity index is 1490. The number of thiazole rings is 1. The summed E-state index contributed by atoms with van der Waals surface area (Å²) in [6.45, 7) is 2.01. The summed E-state index contributed by atoms with van der Waals surface area (Å²) in [4.78, 5) is 4.67. The van der Waals surface area contributed by atoms with Crippen molar-refractivity contribution in [2.24, 2.45) is 0 Å². The second-order valence-corrected chi connectivity index (χ2v) is 8.58. The molecule has 33 heavy (non-hydrogen) atoms. The summed E-state index contributed by atoms with van der Waals surface area (Å²) in [6.07, 6.45) is 3.83. The maximum Gasteiger partial charge on any atom is 0.135 e. The number of methoxy groups -OCH3 is 1. The maximum absolute atomic E-state index is 9.97. The molecule has 0 aliphatic rings. The molecule has 0 aliphatic carbocycles. The molecule has 5 aromatic rings. The van der Waals surface area contributed by atoms with Gasteiger partial charge in [-0.2, -0.15) is 10.4 Å². The largest absolute Gasteiger partial charge is 0.496 e. The molecule has 2 aromatic heterocycles. The zero-order valence-corrected chi connectivity index (χ0v) is 19.0. The Labute approximate surface area is 195 Å². The quantitative estimate of drug-likeness (QED) is 0.287. The molecule has 2 heterocycles. The molecule has 0 unspecified atom stereocenters. The van der Waals surface area contributed by atoms with Crippen molar-refractivity contribution in [3.05, 3.63) is 95.1 Å². The van der Waals surface area contributed by atoms with Crippen molar-refractivity contribution in [2.45, 2.75) is 6.92 Å². The molecule has 0 aliphatic heterocycles. The van der Waals surface area contributed by atoms with E-state index in [0.717, 1.165) is 44.0 Å². The van der Waals surface area contributed by atoms with Crippen LogP contribution in [0.1, 0.15) is 16.1 Å². The third-order valence-electron chi connectivity index (χ3n) is 5.38. The Hall–Kier alpha value is -4.21. The third kappa shape index (κ3) is 4.02. The van der Waals surface area contributed by atoms with E-state index in [2.05, 4.69) is 17.1 Å². The van der Waals surface area contributed by atoms with Gasteiger partial charge in [-0.3, -0.25) is 0 Å². The molecular formula is C27H20N4OS. The van der Waals surface area contributed by atoms with E-state index in [4.69, 9.17) is 9.84 Å². The number of ether oxygens (including phenoxy) is 1. The fourth-order valence-electron chi connectivity index (χ4n) is 3.74. The van der Waals surface area contributed by atoms with Gasteiger partial charge in [0, 0.05) is 17.3 Å². The van der Waals surface area contributed by atoms with Crippen molar-refractivity contribution in [3.63, 3.8) is 0 Å². The van der Waals surface area contributed by atoms with Gasteiger partial charge in [-0.1, -0.05) is 30.3 Å². The predicted octanol–water partition coefficient (Wildman–Crippen LogP) is 6.53. The van der Waals surface area contributed by atoms with Gasteiger partial charge < -0.3 is 4.74 Å². The number of rotatable bonds is 5. The number of aromatic nitrogens is 3. The van der Waals surface area contributed by atoms with Crippen LogP contribution in [0.15, 0.2) is 79.0 Å². The minimum atomic E-state index is 0.510. The Morgan fingerprint density at radius 1 is 1.06 bits per heavy atom. The number of nitriles is 1. The van der Waals surface area contributed by atoms with Gasteiger partial charge in [-0.15, -0.1) is 11.3 Å². The zero-order chi connectivity index (χ0) is 22.8. The second-order valence-electron chi connectivity index (χ2n) is 7.55. The van der Waals surface area contributed by atoms with Gasteiger partial charge in [-0.05, 0) is 61.0 Å². The van der Waals surface area contributed by atoms with E-state index < -0.39 is 0 Å². The Balaban J connectivity index is 1.67. The SMILES string of the molecule is COc1ccc(-c2nn(-c3ccccc3)cc2/C=C(\C#N)c2nc3ccccc3s2)cc1C. The highest BCUT2D eigenvalue weighted by Crippen LogP contribution is 2.32. The van der Waals surface area contributed by atoms with Crippen LogP contribution >= 0.6 is 11.3 Å². The fraction of sp³-hybridized carbons (Fsp3) is 0.0741. The molecule has 0 saturated carbocycles. The van der Waals surface area contributed by atoms with Crippen LogP contribution in [0, 0.1) is 18.3 Å². The van der Waals surface area contributed by atoms with Gasteiger partial charge in [0.05, 0.1) is 28.6 Å². The molecule has 0 N–H and O–H groups in total. The lowest BCUT2D eigenvalue weighted by Gasteiger charge is -2.07. The van der Waals surface area contributed by atoms with E-state index in [1.165, 1.54) is 11.3 Å². The zero-order valence-electron chi connectivity index (χ0n) is 18.2. The first-order chi connectivity index (χ1) is 16.2. The number of aryl methyl sites for hydroxylation is 1. The lowest BCUT2D eigenvalue weighted by molar-refractivity contribution is 0.412. The molecular weight excluding hydrogens is 428 g/mol. The van der Waals surface area contributed by atoms with Crippen LogP contribution in [0.4, 0.5) is 0 Å². The van der Waals surface area contributed by atoms with Crippen LogP contribution in [-0.2, 0) is 0 Å². The molecule has 160 valence electrons. The average molecular weight is 449 g/mol. The molecule has 5 nitrogen and oxygen atoms in total. The standard InChI is InChI=1S/C27H20N4OS/c1-18-14-19(12-13-24(18)32-2)26-21(17-31(30-26)22-8-4-3-5-9-22)15-20(16-28)27-29-23-10-6-7-11-25(23)33-27/h3-15,17H,1-2H3/b20-15+. The normalized spacial score (nSPS) is 11.5. The van der Waals surface area contributed by atoms with Gasteiger partial charge in [0.15, 0.2) is 0 Å². The smallest absolute Gasteiger partial charge is 0.135 e. The molecule has 0 radical (unpaired) electrons. The van der Waals surface area contributed by atoms with Crippen molar-refractivity contribution in [2.75, 3.05) is 7.11 Å². The number of hydrogen-bond acceptors (Lipinski definition) is 5. The van der Waals surface area contributed by atoms with E-state index >= 15 is 0 Å². The van der Waals surface area contributed by atoms with E-state index in [-0.39, 0.29) is 0 Å². The summed E-state index contributed by atoms with van der Waals surface area (Å²) in [5.74, 6) is 0.825. The highest BCUT2D eigenvalue weighted by atomic mass is 32.1. The Morgan fingerprint density at radius 2 is 1.85 bits per heavy atom. The number of fused-ring (bicyclic) bond motifs is 1. The van der Waals surface area contributed by atoms with Gasteiger partial charge in [0.2, 0.25) is 0 Å². The number of hydrogen-bond donors (Lipinski definition) is 0. The first-order valence-corrected chi connectivity index (χ1v) is 11.3. The predicted molar refractivity (Wildman–Crippen MR) is 133 cm³/mol. The van der Waals surface area contributed by atoms with E-state index in [1.54, 1.807) is 7.11 Å². The molecule has 0 atom stereocenters. The average Bonchev–Trinajstić information content (AvgIpc) is 3.47. The van der Waals surface area contributed by atoms with Crippen LogP contribution in [0.5, 0.6) is 5.75 Å². The maximum atomic E-state index is 9.97. The van der Waals surface area contributed by atoms with E-state index in [0.29, 0.717) is 10.6 Å². The Kier molecular flexibility index (Phi) is 5.47. The summed E-state index contributed by atoms with van der Waals surface area (Å²) >= 11 is 1.52. The number of benzene rings is 3. The van der Waals surface area contributed by atoms with Crippen molar-refractivity contribution >= 4 is 33.2 Å². The van der Waals surface area contributed by atoms with Gasteiger partial charge in [0.1, 0.15) is 22.5 Å². The van der Waals surface area contributed by atoms with Crippen molar-refractivity contribution in [3.8, 4) is 28.8 Å². The van der Waals surface area contributed by atoms with E-state index in [1.807, 2.05) is 90.6 Å². The lowest BCUT2D eigenvalue weighted by Crippen LogP contribution is -1.94. The van der Waals surface area contributed by atoms with Crippen LogP contribution in [-0.4, -0.2) is 21.9 Å². The molecule has 0 amide bonds. The van der Waals surface area contributed by atoms with Crippen molar-refractivity contribution in [1.82, 2.24) is 14.8 Å². The van der Waals surface area contributed by atoms with Crippen LogP contribution < -0.4 is 4.74 Å². The number of nitrogens with zero attached hydrogens (tertiary/aromatic N) is 4. The number of allylic oxidation sites excluding steroid dienone is 1. The van der Waals surface area contributed by atoms with Crippen LogP contribution in [0.2, 0.25) is 0 Å². The summed E-state index contributed by atoms with van der Waals surface area (Å²) in [7, 11) is 1.66. The van der Waals surface area contributed by atoms with Gasteiger partial charge in [0.25, 0.3) is 0 Å². The molecule has 3 aromatic carbocycles. The summed E-state index contributed by atoms with van der Waals surface area (Å²) in [5.41, 5.74) is 5.96. The van der Waals surface area contributed by atoms with Gasteiger partial charge >= 0.3 is 0 Å². The number of para-hydroxylation sites is 2. The molecule has 0 spiro atoms. The lowest BCUT2D eigenvalue weighted by atomic mass is 10.0. The van der Waals surface area contributed by atoms with Crippen LogP contribution in [0.3, 0.4) is 0 Å². The topological polar surface area (TPSA) is 63.7 Å². The molecule has 0 saturated heterocycles. The third-order valence-corrected chi connectivity index (χ3v) is 6.45. The summed E-state index contributed by atoms with van der Waals surface area (Å²) in [5, 5.41) is 15.5. The first-order valence-electron chi connectivity index (χ1n) is 10.4. The Morgan fingerprint density at radius 3 is 2.58 bits per heavy atom. The summed E-state index contributed by atoms with van der Waals surface area (Å²) in [6, 6.07) is 26.2. The molecule has 6 heteroatoms. The molecule has 0 fully saturated rings. The monoisotopic (exact) mass is 448 g/mol. The highest BCUT2D eigenvalue weighted by Gasteiger charge is 2.15. The molecule has 0 bridgehead atoms. The highest BCUT2D eigenvalue weighted by molar-refractivity contribution is 7.19.